The Morgan fingerprint density at radius 1 is 1.55 bits per heavy atom. The maximum atomic E-state index is 12.4. The minimum absolute atomic E-state index is 0.146. The van der Waals surface area contributed by atoms with Crippen molar-refractivity contribution in [3.05, 3.63) is 39.4 Å². The number of hydrogen-bond donors (Lipinski definition) is 1. The third-order valence-electron chi connectivity index (χ3n) is 3.31. The van der Waals surface area contributed by atoms with Crippen molar-refractivity contribution >= 4 is 23.2 Å². The van der Waals surface area contributed by atoms with E-state index in [0.717, 1.165) is 4.88 Å². The number of carboxylic acids is 1. The standard InChI is InChI=1S/C13H12N2O4S/c1-7-6-9(14-19-7)12(16)15-4-2-10-8(3-5-20-10)11(15)13(17)18/h3,5-6,11H,2,4H2,1H3,(H,17,18). The molecule has 0 radical (unpaired) electrons. The van der Waals surface area contributed by atoms with Crippen LogP contribution in [0.4, 0.5) is 0 Å². The lowest BCUT2D eigenvalue weighted by Gasteiger charge is -2.32. The van der Waals surface area contributed by atoms with Gasteiger partial charge in [-0.2, -0.15) is 0 Å². The Morgan fingerprint density at radius 3 is 3.00 bits per heavy atom. The summed E-state index contributed by atoms with van der Waals surface area (Å²) in [6.45, 7) is 2.06. The first kappa shape index (κ1) is 12.9. The molecule has 3 rings (SSSR count). The first-order chi connectivity index (χ1) is 9.58. The van der Waals surface area contributed by atoms with E-state index in [1.807, 2.05) is 5.38 Å². The number of carbonyl (C=O) groups excluding carboxylic acids is 1. The minimum atomic E-state index is -1.03. The van der Waals surface area contributed by atoms with E-state index in [9.17, 15) is 14.7 Å². The molecule has 104 valence electrons. The third-order valence-corrected chi connectivity index (χ3v) is 4.30. The summed E-state index contributed by atoms with van der Waals surface area (Å²) in [7, 11) is 0. The molecule has 1 aliphatic rings. The number of aliphatic carboxylic acids is 1. The van der Waals surface area contributed by atoms with Crippen LogP contribution in [-0.2, 0) is 11.2 Å². The van der Waals surface area contributed by atoms with Crippen molar-refractivity contribution in [1.29, 1.82) is 0 Å². The Balaban J connectivity index is 1.97. The smallest absolute Gasteiger partial charge is 0.331 e. The number of thiophene rings is 1. The minimum Gasteiger partial charge on any atom is -0.479 e. The molecule has 0 spiro atoms. The topological polar surface area (TPSA) is 83.6 Å². The van der Waals surface area contributed by atoms with Crippen LogP contribution in [-0.4, -0.2) is 33.6 Å². The zero-order valence-corrected chi connectivity index (χ0v) is 11.5. The monoisotopic (exact) mass is 292 g/mol. The van der Waals surface area contributed by atoms with Crippen LogP contribution in [0.2, 0.25) is 0 Å². The van der Waals surface area contributed by atoms with Gasteiger partial charge in [0.05, 0.1) is 0 Å². The summed E-state index contributed by atoms with van der Waals surface area (Å²) in [5.41, 5.74) is 0.842. The number of fused-ring (bicyclic) bond motifs is 1. The Morgan fingerprint density at radius 2 is 2.35 bits per heavy atom. The van der Waals surface area contributed by atoms with Crippen LogP contribution >= 0.6 is 11.3 Å². The van der Waals surface area contributed by atoms with Crippen molar-refractivity contribution in [3.63, 3.8) is 0 Å². The predicted octanol–water partition coefficient (Wildman–Crippen LogP) is 1.87. The van der Waals surface area contributed by atoms with Gasteiger partial charge >= 0.3 is 5.97 Å². The van der Waals surface area contributed by atoms with Crippen molar-refractivity contribution in [1.82, 2.24) is 10.1 Å². The molecule has 0 saturated carbocycles. The maximum absolute atomic E-state index is 12.4. The van der Waals surface area contributed by atoms with Crippen LogP contribution in [0.15, 0.2) is 22.0 Å². The molecule has 2 aromatic heterocycles. The van der Waals surface area contributed by atoms with Gasteiger partial charge in [-0.1, -0.05) is 5.16 Å². The first-order valence-corrected chi connectivity index (χ1v) is 6.99. The van der Waals surface area contributed by atoms with Crippen molar-refractivity contribution in [2.45, 2.75) is 19.4 Å². The molecule has 6 nitrogen and oxygen atoms in total. The van der Waals surface area contributed by atoms with Crippen molar-refractivity contribution in [3.8, 4) is 0 Å². The summed E-state index contributed by atoms with van der Waals surface area (Å²) in [5, 5.41) is 15.0. The Labute approximate surface area is 118 Å². The predicted molar refractivity (Wildman–Crippen MR) is 70.7 cm³/mol. The lowest BCUT2D eigenvalue weighted by atomic mass is 9.99. The van der Waals surface area contributed by atoms with Crippen LogP contribution in [0.3, 0.4) is 0 Å². The Kier molecular flexibility index (Phi) is 3.06. The Bertz CT molecular complexity index is 675. The molecule has 1 amide bonds. The van der Waals surface area contributed by atoms with E-state index in [4.69, 9.17) is 4.52 Å². The van der Waals surface area contributed by atoms with Gasteiger partial charge in [-0.25, -0.2) is 4.79 Å². The number of nitrogens with zero attached hydrogens (tertiary/aromatic N) is 2. The second-order valence-corrected chi connectivity index (χ2v) is 5.61. The molecule has 3 heterocycles. The second kappa shape index (κ2) is 4.75. The second-order valence-electron chi connectivity index (χ2n) is 4.61. The van der Waals surface area contributed by atoms with E-state index >= 15 is 0 Å². The molecule has 1 unspecified atom stereocenters. The zero-order valence-electron chi connectivity index (χ0n) is 10.7. The van der Waals surface area contributed by atoms with E-state index < -0.39 is 17.9 Å². The number of carbonyl (C=O) groups is 2. The number of carboxylic acid groups (broad SMARTS) is 1. The third kappa shape index (κ3) is 2.00. The summed E-state index contributed by atoms with van der Waals surface area (Å²) in [6.07, 6.45) is 0.666. The highest BCUT2D eigenvalue weighted by molar-refractivity contribution is 7.10. The maximum Gasteiger partial charge on any atom is 0.331 e. The molecule has 20 heavy (non-hydrogen) atoms. The van der Waals surface area contributed by atoms with E-state index in [0.29, 0.717) is 24.3 Å². The summed E-state index contributed by atoms with van der Waals surface area (Å²) < 4.78 is 4.88. The zero-order chi connectivity index (χ0) is 14.3. The molecule has 1 N–H and O–H groups in total. The van der Waals surface area contributed by atoms with Gasteiger partial charge in [0.2, 0.25) is 0 Å². The molecule has 2 aromatic rings. The average molecular weight is 292 g/mol. The number of hydrogen-bond acceptors (Lipinski definition) is 5. The Hall–Kier alpha value is -2.15. The SMILES string of the molecule is Cc1cc(C(=O)N2CCc3sccc3C2C(=O)O)no1. The van der Waals surface area contributed by atoms with Crippen LogP contribution in [0.1, 0.15) is 32.7 Å². The lowest BCUT2D eigenvalue weighted by Crippen LogP contribution is -2.43. The summed E-state index contributed by atoms with van der Waals surface area (Å²) in [4.78, 5) is 26.3. The molecule has 0 fully saturated rings. The van der Waals surface area contributed by atoms with Gasteiger partial charge in [-0.15, -0.1) is 11.3 Å². The fourth-order valence-electron chi connectivity index (χ4n) is 2.42. The van der Waals surface area contributed by atoms with E-state index in [2.05, 4.69) is 5.16 Å². The molecule has 0 saturated heterocycles. The molecule has 7 heteroatoms. The molecular formula is C13H12N2O4S. The molecular weight excluding hydrogens is 280 g/mol. The molecule has 1 aliphatic heterocycles. The van der Waals surface area contributed by atoms with Crippen LogP contribution in [0.25, 0.3) is 0 Å². The van der Waals surface area contributed by atoms with Gasteiger partial charge in [0.1, 0.15) is 5.76 Å². The van der Waals surface area contributed by atoms with Gasteiger partial charge in [-0.05, 0) is 30.4 Å². The van der Waals surface area contributed by atoms with Crippen LogP contribution in [0.5, 0.6) is 0 Å². The van der Waals surface area contributed by atoms with Crippen LogP contribution in [0, 0.1) is 6.92 Å². The fourth-order valence-corrected chi connectivity index (χ4v) is 3.32. The van der Waals surface area contributed by atoms with Gasteiger partial charge in [0, 0.05) is 17.5 Å². The summed E-state index contributed by atoms with van der Waals surface area (Å²) >= 11 is 1.52. The first-order valence-electron chi connectivity index (χ1n) is 6.11. The van der Waals surface area contributed by atoms with Gasteiger partial charge in [0.15, 0.2) is 11.7 Å². The highest BCUT2D eigenvalue weighted by Crippen LogP contribution is 2.34. The highest BCUT2D eigenvalue weighted by atomic mass is 32.1. The highest BCUT2D eigenvalue weighted by Gasteiger charge is 2.37. The van der Waals surface area contributed by atoms with Gasteiger partial charge < -0.3 is 14.5 Å². The van der Waals surface area contributed by atoms with E-state index in [1.54, 1.807) is 13.0 Å². The van der Waals surface area contributed by atoms with E-state index in [-0.39, 0.29) is 5.69 Å². The van der Waals surface area contributed by atoms with E-state index in [1.165, 1.54) is 22.3 Å². The number of aryl methyl sites for hydroxylation is 1. The number of amides is 1. The average Bonchev–Trinajstić information content (AvgIpc) is 3.04. The largest absolute Gasteiger partial charge is 0.479 e. The van der Waals surface area contributed by atoms with Crippen molar-refractivity contribution < 1.29 is 19.2 Å². The molecule has 0 aromatic carbocycles. The molecule has 0 bridgehead atoms. The fraction of sp³-hybridized carbons (Fsp3) is 0.308. The van der Waals surface area contributed by atoms with Crippen molar-refractivity contribution in [2.75, 3.05) is 6.54 Å². The lowest BCUT2D eigenvalue weighted by molar-refractivity contribution is -0.143. The van der Waals surface area contributed by atoms with Gasteiger partial charge in [0.25, 0.3) is 5.91 Å². The number of aromatic nitrogens is 1. The summed E-state index contributed by atoms with van der Waals surface area (Å²) in [6, 6.07) is 2.34. The van der Waals surface area contributed by atoms with Crippen LogP contribution < -0.4 is 0 Å². The van der Waals surface area contributed by atoms with Crippen molar-refractivity contribution in [2.24, 2.45) is 0 Å². The number of rotatable bonds is 2. The molecule has 1 atom stereocenters. The normalized spacial score (nSPS) is 17.9. The quantitative estimate of drug-likeness (QED) is 0.913. The summed E-state index contributed by atoms with van der Waals surface area (Å²) in [5.74, 6) is -0.919. The molecule has 0 aliphatic carbocycles. The van der Waals surface area contributed by atoms with Gasteiger partial charge in [-0.3, -0.25) is 4.79 Å².